The van der Waals surface area contributed by atoms with E-state index in [0.717, 1.165) is 12.3 Å². The summed E-state index contributed by atoms with van der Waals surface area (Å²) in [6, 6.07) is 9.09. The lowest BCUT2D eigenvalue weighted by molar-refractivity contribution is 0.372. The zero-order valence-electron chi connectivity index (χ0n) is 10.8. The summed E-state index contributed by atoms with van der Waals surface area (Å²) in [7, 11) is 0. The van der Waals surface area contributed by atoms with Gasteiger partial charge in [0.25, 0.3) is 0 Å². The van der Waals surface area contributed by atoms with Crippen LogP contribution in [0.5, 0.6) is 0 Å². The van der Waals surface area contributed by atoms with Crippen molar-refractivity contribution in [3.8, 4) is 0 Å². The Hall–Kier alpha value is -1.08. The third-order valence-electron chi connectivity index (χ3n) is 3.51. The Morgan fingerprint density at radius 1 is 1.18 bits per heavy atom. The van der Waals surface area contributed by atoms with E-state index in [1.807, 2.05) is 0 Å². The number of allylic oxidation sites excluding steroid dienone is 1. The quantitative estimate of drug-likeness (QED) is 0.781. The van der Waals surface area contributed by atoms with Crippen molar-refractivity contribution in [2.75, 3.05) is 13.1 Å². The predicted molar refractivity (Wildman–Crippen MR) is 74.3 cm³/mol. The molecule has 0 atom stereocenters. The van der Waals surface area contributed by atoms with Crippen LogP contribution in [0.4, 0.5) is 0 Å². The molecule has 0 bridgehead atoms. The summed E-state index contributed by atoms with van der Waals surface area (Å²) in [5.74, 6) is 0.878. The first kappa shape index (κ1) is 12.4. The molecule has 1 aromatic carbocycles. The molecule has 1 aliphatic heterocycles. The number of nitrogens with one attached hydrogen (secondary N) is 1. The minimum atomic E-state index is 0.878. The first-order chi connectivity index (χ1) is 8.24. The Kier molecular flexibility index (Phi) is 4.38. The third-order valence-corrected chi connectivity index (χ3v) is 3.51. The van der Waals surface area contributed by atoms with E-state index in [1.165, 1.54) is 49.1 Å². The van der Waals surface area contributed by atoms with Gasteiger partial charge in [0.2, 0.25) is 0 Å². The van der Waals surface area contributed by atoms with Crippen molar-refractivity contribution < 1.29 is 0 Å². The van der Waals surface area contributed by atoms with Crippen molar-refractivity contribution in [1.82, 2.24) is 5.32 Å². The van der Waals surface area contributed by atoms with E-state index in [2.05, 4.69) is 43.1 Å². The van der Waals surface area contributed by atoms with Gasteiger partial charge in [-0.2, -0.15) is 0 Å². The lowest BCUT2D eigenvalue weighted by atomic mass is 9.90. The Balaban J connectivity index is 1.90. The van der Waals surface area contributed by atoms with Crippen LogP contribution in [0.15, 0.2) is 36.4 Å². The van der Waals surface area contributed by atoms with Gasteiger partial charge in [-0.1, -0.05) is 36.4 Å². The maximum Gasteiger partial charge on any atom is -0.00462 e. The van der Waals surface area contributed by atoms with E-state index >= 15 is 0 Å². The Morgan fingerprint density at radius 3 is 2.35 bits per heavy atom. The second-order valence-electron chi connectivity index (χ2n) is 5.35. The van der Waals surface area contributed by atoms with Crippen LogP contribution in [0.3, 0.4) is 0 Å². The van der Waals surface area contributed by atoms with Crippen LogP contribution >= 0.6 is 0 Å². The third kappa shape index (κ3) is 4.01. The van der Waals surface area contributed by atoms with Gasteiger partial charge in [0.15, 0.2) is 0 Å². The highest BCUT2D eigenvalue weighted by atomic mass is 14.9. The van der Waals surface area contributed by atoms with Gasteiger partial charge in [-0.3, -0.25) is 0 Å². The van der Waals surface area contributed by atoms with E-state index < -0.39 is 0 Å². The zero-order valence-corrected chi connectivity index (χ0v) is 10.8. The van der Waals surface area contributed by atoms with Crippen LogP contribution in [0.1, 0.15) is 30.9 Å². The molecule has 0 amide bonds. The SMILES string of the molecule is C=C(C)Cc1ccc(CC2CCNCC2)cc1. The molecule has 1 saturated heterocycles. The standard InChI is InChI=1S/C16H23N/c1-13(2)11-14-3-5-15(6-4-14)12-16-7-9-17-10-8-16/h3-6,16-17H,1,7-12H2,2H3. The van der Waals surface area contributed by atoms with E-state index in [4.69, 9.17) is 0 Å². The summed E-state index contributed by atoms with van der Waals surface area (Å²) < 4.78 is 0. The number of hydrogen-bond acceptors (Lipinski definition) is 1. The van der Waals surface area contributed by atoms with Crippen molar-refractivity contribution in [1.29, 1.82) is 0 Å². The monoisotopic (exact) mass is 229 g/mol. The molecule has 1 heterocycles. The fourth-order valence-corrected chi connectivity index (χ4v) is 2.56. The number of benzene rings is 1. The molecule has 2 rings (SSSR count). The summed E-state index contributed by atoms with van der Waals surface area (Å²) in [6.45, 7) is 8.43. The lowest BCUT2D eigenvalue weighted by Crippen LogP contribution is -2.28. The highest BCUT2D eigenvalue weighted by Gasteiger charge is 2.13. The first-order valence-electron chi connectivity index (χ1n) is 6.67. The second-order valence-corrected chi connectivity index (χ2v) is 5.35. The van der Waals surface area contributed by atoms with E-state index in [1.54, 1.807) is 0 Å². The molecule has 0 spiro atoms. The molecular formula is C16H23N. The molecule has 17 heavy (non-hydrogen) atoms. The van der Waals surface area contributed by atoms with Crippen LogP contribution in [0, 0.1) is 5.92 Å². The molecule has 1 N–H and O–H groups in total. The summed E-state index contributed by atoms with van der Waals surface area (Å²) in [5, 5.41) is 3.42. The summed E-state index contributed by atoms with van der Waals surface area (Å²) in [6.07, 6.45) is 4.91. The average molecular weight is 229 g/mol. The molecular weight excluding hydrogens is 206 g/mol. The topological polar surface area (TPSA) is 12.0 Å². The van der Waals surface area contributed by atoms with Gasteiger partial charge in [0, 0.05) is 0 Å². The van der Waals surface area contributed by atoms with Crippen molar-refractivity contribution in [3.63, 3.8) is 0 Å². The smallest absolute Gasteiger partial charge is 0.00462 e. The van der Waals surface area contributed by atoms with Crippen molar-refractivity contribution >= 4 is 0 Å². The van der Waals surface area contributed by atoms with Crippen LogP contribution < -0.4 is 5.32 Å². The fourth-order valence-electron chi connectivity index (χ4n) is 2.56. The average Bonchev–Trinajstić information content (AvgIpc) is 2.32. The first-order valence-corrected chi connectivity index (χ1v) is 6.67. The molecule has 1 aromatic rings. The van der Waals surface area contributed by atoms with Crippen LogP contribution in [0.25, 0.3) is 0 Å². The molecule has 0 unspecified atom stereocenters. The fraction of sp³-hybridized carbons (Fsp3) is 0.500. The Bertz CT molecular complexity index is 358. The van der Waals surface area contributed by atoms with Crippen molar-refractivity contribution in [2.24, 2.45) is 5.92 Å². The van der Waals surface area contributed by atoms with E-state index in [9.17, 15) is 0 Å². The van der Waals surface area contributed by atoms with Gasteiger partial charge in [-0.25, -0.2) is 0 Å². The summed E-state index contributed by atoms with van der Waals surface area (Å²) in [4.78, 5) is 0. The number of hydrogen-bond donors (Lipinski definition) is 1. The molecule has 1 heteroatoms. The summed E-state index contributed by atoms with van der Waals surface area (Å²) in [5.41, 5.74) is 4.10. The van der Waals surface area contributed by atoms with Gasteiger partial charge in [0.1, 0.15) is 0 Å². The molecule has 1 fully saturated rings. The Labute approximate surface area is 105 Å². The molecule has 0 aromatic heterocycles. The summed E-state index contributed by atoms with van der Waals surface area (Å²) >= 11 is 0. The molecule has 92 valence electrons. The van der Waals surface area contributed by atoms with E-state index in [-0.39, 0.29) is 0 Å². The largest absolute Gasteiger partial charge is 0.317 e. The predicted octanol–water partition coefficient (Wildman–Crippen LogP) is 3.35. The lowest BCUT2D eigenvalue weighted by Gasteiger charge is -2.22. The Morgan fingerprint density at radius 2 is 1.76 bits per heavy atom. The maximum absolute atomic E-state index is 3.96. The normalized spacial score (nSPS) is 17.0. The molecule has 0 aliphatic carbocycles. The molecule has 0 saturated carbocycles. The number of piperidine rings is 1. The van der Waals surface area contributed by atoms with Gasteiger partial charge in [-0.05, 0) is 62.7 Å². The van der Waals surface area contributed by atoms with Crippen molar-refractivity contribution in [2.45, 2.75) is 32.6 Å². The molecule has 1 aliphatic rings. The highest BCUT2D eigenvalue weighted by molar-refractivity contribution is 5.25. The highest BCUT2D eigenvalue weighted by Crippen LogP contribution is 2.18. The van der Waals surface area contributed by atoms with Gasteiger partial charge < -0.3 is 5.32 Å². The zero-order chi connectivity index (χ0) is 12.1. The maximum atomic E-state index is 3.96. The van der Waals surface area contributed by atoms with Gasteiger partial charge in [0.05, 0.1) is 0 Å². The van der Waals surface area contributed by atoms with Crippen LogP contribution in [-0.2, 0) is 12.8 Å². The van der Waals surface area contributed by atoms with Gasteiger partial charge >= 0.3 is 0 Å². The molecule has 0 radical (unpaired) electrons. The second kappa shape index (κ2) is 6.02. The minimum Gasteiger partial charge on any atom is -0.317 e. The van der Waals surface area contributed by atoms with Crippen molar-refractivity contribution in [3.05, 3.63) is 47.5 Å². The number of rotatable bonds is 4. The van der Waals surface area contributed by atoms with E-state index in [0.29, 0.717) is 0 Å². The van der Waals surface area contributed by atoms with Crippen LogP contribution in [-0.4, -0.2) is 13.1 Å². The van der Waals surface area contributed by atoms with Crippen LogP contribution in [0.2, 0.25) is 0 Å². The van der Waals surface area contributed by atoms with Gasteiger partial charge in [-0.15, -0.1) is 0 Å². The molecule has 1 nitrogen and oxygen atoms in total. The minimum absolute atomic E-state index is 0.878.